The van der Waals surface area contributed by atoms with Crippen LogP contribution in [0, 0.1) is 5.82 Å². The second-order valence-corrected chi connectivity index (χ2v) is 12.6. The van der Waals surface area contributed by atoms with Crippen molar-refractivity contribution in [2.75, 3.05) is 32.7 Å². The molecule has 1 aromatic rings. The van der Waals surface area contributed by atoms with E-state index in [1.165, 1.54) is 17.0 Å². The molecule has 3 saturated heterocycles. The number of hydrogen-bond acceptors (Lipinski definition) is 6. The zero-order chi connectivity index (χ0) is 28.8. The van der Waals surface area contributed by atoms with Gasteiger partial charge < -0.3 is 19.4 Å². The van der Waals surface area contributed by atoms with Gasteiger partial charge in [0, 0.05) is 51.0 Å². The predicted molar refractivity (Wildman–Crippen MR) is 142 cm³/mol. The van der Waals surface area contributed by atoms with Crippen LogP contribution in [-0.2, 0) is 20.9 Å². The molecule has 1 N–H and O–H groups in total. The molecule has 4 amide bonds. The van der Waals surface area contributed by atoms with Crippen LogP contribution >= 0.6 is 0 Å². The minimum atomic E-state index is -1.39. The van der Waals surface area contributed by atoms with E-state index in [4.69, 9.17) is 4.74 Å². The Labute approximate surface area is 233 Å². The van der Waals surface area contributed by atoms with Gasteiger partial charge in [0.15, 0.2) is 0 Å². The van der Waals surface area contributed by atoms with Gasteiger partial charge in [0.2, 0.25) is 11.8 Å². The van der Waals surface area contributed by atoms with Crippen molar-refractivity contribution in [3.63, 3.8) is 0 Å². The van der Waals surface area contributed by atoms with Crippen LogP contribution in [-0.4, -0.2) is 88.5 Å². The first-order valence-corrected chi connectivity index (χ1v) is 14.2. The Morgan fingerprint density at radius 1 is 1.07 bits per heavy atom. The molecule has 9 nitrogen and oxygen atoms in total. The number of hydrogen-bond donors (Lipinski definition) is 1. The lowest BCUT2D eigenvalue weighted by Crippen LogP contribution is -2.52. The smallest absolute Gasteiger partial charge is 0.410 e. The fourth-order valence-electron chi connectivity index (χ4n) is 6.39. The summed E-state index contributed by atoms with van der Waals surface area (Å²) in [5, 5.41) is 2.29. The van der Waals surface area contributed by atoms with E-state index < -0.39 is 35.1 Å². The van der Waals surface area contributed by atoms with Crippen LogP contribution in [0.25, 0.3) is 0 Å². The maximum Gasteiger partial charge on any atom is 0.410 e. The number of rotatable bonds is 4. The number of fused-ring (bicyclic) bond motifs is 1. The van der Waals surface area contributed by atoms with E-state index in [9.17, 15) is 23.6 Å². The van der Waals surface area contributed by atoms with Crippen molar-refractivity contribution in [1.29, 1.82) is 0 Å². The molecule has 40 heavy (non-hydrogen) atoms. The van der Waals surface area contributed by atoms with Crippen molar-refractivity contribution < 1.29 is 32.7 Å². The van der Waals surface area contributed by atoms with Crippen LogP contribution < -0.4 is 5.32 Å². The first-order chi connectivity index (χ1) is 18.8. The molecule has 11 heteroatoms. The van der Waals surface area contributed by atoms with E-state index in [-0.39, 0.29) is 62.1 Å². The molecule has 3 fully saturated rings. The zero-order valence-electron chi connectivity index (χ0n) is 23.4. The highest BCUT2D eigenvalue weighted by atomic mass is 19.1. The topological polar surface area (TPSA) is 99.3 Å². The molecule has 1 unspecified atom stereocenters. The Morgan fingerprint density at radius 3 is 2.38 bits per heavy atom. The van der Waals surface area contributed by atoms with E-state index in [1.807, 2.05) is 20.8 Å². The average molecular weight is 561 g/mol. The largest absolute Gasteiger partial charge is 0.444 e. The number of halogens is 2. The number of amides is 4. The van der Waals surface area contributed by atoms with Gasteiger partial charge in [0.25, 0.3) is 5.91 Å². The number of alkyl halides is 1. The molecule has 0 aromatic heterocycles. The molecular weight excluding hydrogens is 522 g/mol. The van der Waals surface area contributed by atoms with Gasteiger partial charge in [0.05, 0.1) is 0 Å². The van der Waals surface area contributed by atoms with Crippen LogP contribution in [0.4, 0.5) is 13.6 Å². The lowest BCUT2D eigenvalue weighted by Gasteiger charge is -2.41. The quantitative estimate of drug-likeness (QED) is 0.566. The first kappa shape index (κ1) is 28.4. The van der Waals surface area contributed by atoms with Gasteiger partial charge >= 0.3 is 6.09 Å². The Bertz CT molecular complexity index is 1200. The Kier molecular flexibility index (Phi) is 7.62. The summed E-state index contributed by atoms with van der Waals surface area (Å²) >= 11 is 0. The summed E-state index contributed by atoms with van der Waals surface area (Å²) in [5.41, 5.74) is -0.185. The SMILES string of the molecule is CC(C)(C)OC(=O)N1CCC(F)(CN2CCC(c3cc(F)cc4c3CN(C3CCC(=O)NC3=O)C4=O)CC2)CC1. The number of nitrogens with zero attached hydrogens (tertiary/aromatic N) is 3. The summed E-state index contributed by atoms with van der Waals surface area (Å²) in [6, 6.07) is 1.97. The third-order valence-electron chi connectivity index (χ3n) is 8.50. The number of likely N-dealkylation sites (tertiary alicyclic amines) is 2. The molecule has 5 rings (SSSR count). The highest BCUT2D eigenvalue weighted by Gasteiger charge is 2.42. The summed E-state index contributed by atoms with van der Waals surface area (Å²) in [5.74, 6) is -1.72. The van der Waals surface area contributed by atoms with Crippen molar-refractivity contribution >= 4 is 23.8 Å². The van der Waals surface area contributed by atoms with Crippen LogP contribution in [0.15, 0.2) is 12.1 Å². The third kappa shape index (κ3) is 5.99. The normalized spacial score (nSPS) is 24.2. The van der Waals surface area contributed by atoms with Crippen molar-refractivity contribution in [2.24, 2.45) is 0 Å². The van der Waals surface area contributed by atoms with Crippen LogP contribution in [0.2, 0.25) is 0 Å². The molecule has 0 spiro atoms. The second-order valence-electron chi connectivity index (χ2n) is 12.6. The van der Waals surface area contributed by atoms with Crippen molar-refractivity contribution in [3.8, 4) is 0 Å². The second kappa shape index (κ2) is 10.7. The van der Waals surface area contributed by atoms with Gasteiger partial charge in [-0.05, 0) is 82.3 Å². The minimum absolute atomic E-state index is 0.0137. The maximum atomic E-state index is 15.7. The molecule has 218 valence electrons. The molecule has 0 radical (unpaired) electrons. The number of carbonyl (C=O) groups excluding carboxylic acids is 4. The molecule has 4 aliphatic rings. The molecule has 4 aliphatic heterocycles. The molecular formula is C29H38F2N4O5. The summed E-state index contributed by atoms with van der Waals surface area (Å²) in [6.07, 6.45) is 1.90. The van der Waals surface area contributed by atoms with E-state index >= 15 is 4.39 Å². The van der Waals surface area contributed by atoms with E-state index in [1.54, 1.807) is 4.90 Å². The van der Waals surface area contributed by atoms with Gasteiger partial charge in [-0.2, -0.15) is 0 Å². The summed E-state index contributed by atoms with van der Waals surface area (Å²) in [7, 11) is 0. The average Bonchev–Trinajstić information content (AvgIpc) is 3.19. The highest BCUT2D eigenvalue weighted by molar-refractivity contribution is 6.05. The monoisotopic (exact) mass is 560 g/mol. The van der Waals surface area contributed by atoms with E-state index in [2.05, 4.69) is 10.2 Å². The summed E-state index contributed by atoms with van der Waals surface area (Å²) in [4.78, 5) is 54.6. The number of nitrogens with one attached hydrogen (secondary N) is 1. The van der Waals surface area contributed by atoms with E-state index in [0.29, 0.717) is 39.0 Å². The van der Waals surface area contributed by atoms with Crippen molar-refractivity contribution in [3.05, 3.63) is 34.6 Å². The zero-order valence-corrected chi connectivity index (χ0v) is 23.4. The molecule has 0 saturated carbocycles. The minimum Gasteiger partial charge on any atom is -0.444 e. The van der Waals surface area contributed by atoms with Gasteiger partial charge in [-0.1, -0.05) is 0 Å². The molecule has 1 aromatic carbocycles. The van der Waals surface area contributed by atoms with Gasteiger partial charge in [-0.25, -0.2) is 13.6 Å². The van der Waals surface area contributed by atoms with Crippen LogP contribution in [0.1, 0.15) is 86.7 Å². The van der Waals surface area contributed by atoms with Gasteiger partial charge in [-0.15, -0.1) is 0 Å². The summed E-state index contributed by atoms with van der Waals surface area (Å²) < 4.78 is 35.8. The number of carbonyl (C=O) groups is 4. The van der Waals surface area contributed by atoms with Crippen LogP contribution in [0.5, 0.6) is 0 Å². The Balaban J connectivity index is 1.19. The fourth-order valence-corrected chi connectivity index (χ4v) is 6.39. The van der Waals surface area contributed by atoms with Gasteiger partial charge in [-0.3, -0.25) is 19.7 Å². The fraction of sp³-hybridized carbons (Fsp3) is 0.655. The van der Waals surface area contributed by atoms with Crippen LogP contribution in [0.3, 0.4) is 0 Å². The van der Waals surface area contributed by atoms with Crippen molar-refractivity contribution in [1.82, 2.24) is 20.0 Å². The lowest BCUT2D eigenvalue weighted by molar-refractivity contribution is -0.136. The standard InChI is InChI=1S/C29H38F2N4O5/c1-28(2,3)40-27(39)34-12-8-29(31,9-13-34)17-33-10-6-18(7-11-33)20-14-19(30)15-21-22(20)16-35(26(21)38)23-4-5-24(36)32-25(23)37/h14-15,18,23H,4-13,16-17H2,1-3H3,(H,32,36,37). The Morgan fingerprint density at radius 2 is 1.75 bits per heavy atom. The number of piperidine rings is 3. The predicted octanol–water partition coefficient (Wildman–Crippen LogP) is 3.51. The molecule has 1 atom stereocenters. The maximum absolute atomic E-state index is 15.7. The first-order valence-electron chi connectivity index (χ1n) is 14.2. The molecule has 0 bridgehead atoms. The molecule has 0 aliphatic carbocycles. The molecule has 4 heterocycles. The lowest BCUT2D eigenvalue weighted by atomic mass is 9.84. The number of imide groups is 1. The third-order valence-corrected chi connectivity index (χ3v) is 8.50. The van der Waals surface area contributed by atoms with Gasteiger partial charge in [0.1, 0.15) is 23.1 Å². The summed E-state index contributed by atoms with van der Waals surface area (Å²) in [6.45, 7) is 7.82. The number of ether oxygens (including phenoxy) is 1. The highest BCUT2D eigenvalue weighted by Crippen LogP contribution is 2.38. The Hall–Kier alpha value is -3.08. The van der Waals surface area contributed by atoms with E-state index in [0.717, 1.165) is 11.1 Å². The number of benzene rings is 1. The van der Waals surface area contributed by atoms with Crippen molar-refractivity contribution in [2.45, 2.75) is 89.1 Å².